The van der Waals surface area contributed by atoms with Gasteiger partial charge in [-0.3, -0.25) is 9.71 Å². The number of hydrogen-bond donors (Lipinski definition) is 2. The maximum Gasteiger partial charge on any atom is 0.263 e. The summed E-state index contributed by atoms with van der Waals surface area (Å²) in [6.07, 6.45) is 2.72. The van der Waals surface area contributed by atoms with Crippen LogP contribution in [0, 0.1) is 0 Å². The molecule has 0 amide bonds. The maximum absolute atomic E-state index is 12.3. The molecule has 0 aliphatic heterocycles. The van der Waals surface area contributed by atoms with E-state index in [1.54, 1.807) is 12.1 Å². The third kappa shape index (κ3) is 3.91. The molecule has 0 atom stereocenters. The minimum absolute atomic E-state index is 0.00532. The molecule has 2 aromatic rings. The zero-order valence-electron chi connectivity index (χ0n) is 10.4. The number of sulfonamides is 1. The van der Waals surface area contributed by atoms with Gasteiger partial charge in [0.15, 0.2) is 0 Å². The molecule has 0 radical (unpaired) electrons. The average molecular weight is 407 g/mol. The first-order chi connectivity index (χ1) is 9.79. The first kappa shape index (κ1) is 16.2. The van der Waals surface area contributed by atoms with Crippen LogP contribution in [-0.4, -0.2) is 18.4 Å². The van der Waals surface area contributed by atoms with Crippen LogP contribution in [0.25, 0.3) is 0 Å². The van der Waals surface area contributed by atoms with E-state index >= 15 is 0 Å². The Bertz CT molecular complexity index is 812. The van der Waals surface area contributed by atoms with Gasteiger partial charge in [0.05, 0.1) is 5.69 Å². The van der Waals surface area contributed by atoms with Crippen molar-refractivity contribution in [3.8, 4) is 0 Å². The number of thiocarbonyl (C=S) groups is 1. The fraction of sp³-hybridized carbons (Fsp3) is 0. The maximum atomic E-state index is 12.3. The van der Waals surface area contributed by atoms with E-state index in [0.717, 1.165) is 0 Å². The second-order valence-electron chi connectivity index (χ2n) is 4.00. The monoisotopic (exact) mass is 405 g/mol. The Morgan fingerprint density at radius 2 is 2.05 bits per heavy atom. The summed E-state index contributed by atoms with van der Waals surface area (Å²) < 4.78 is 27.6. The fourth-order valence-electron chi connectivity index (χ4n) is 1.56. The third-order valence-corrected chi connectivity index (χ3v) is 4.70. The molecule has 1 aromatic heterocycles. The molecule has 0 aliphatic carbocycles. The SMILES string of the molecule is NC(=S)c1ccc(Cl)cc1NS(=O)(=O)c1cncc(Br)c1. The minimum atomic E-state index is -3.82. The Kier molecular flexibility index (Phi) is 4.82. The highest BCUT2D eigenvalue weighted by atomic mass is 79.9. The molecular weight excluding hydrogens is 398 g/mol. The summed E-state index contributed by atoms with van der Waals surface area (Å²) >= 11 is 14.0. The molecule has 0 fully saturated rings. The van der Waals surface area contributed by atoms with E-state index in [1.165, 1.54) is 24.5 Å². The van der Waals surface area contributed by atoms with Gasteiger partial charge in [0, 0.05) is 27.5 Å². The second kappa shape index (κ2) is 6.27. The molecule has 0 unspecified atom stereocenters. The predicted octanol–water partition coefficient (Wildman–Crippen LogP) is 2.93. The largest absolute Gasteiger partial charge is 0.389 e. The summed E-state index contributed by atoms with van der Waals surface area (Å²) in [4.78, 5) is 3.90. The van der Waals surface area contributed by atoms with Crippen LogP contribution in [0.4, 0.5) is 5.69 Å². The third-order valence-electron chi connectivity index (χ3n) is 2.48. The van der Waals surface area contributed by atoms with Crippen molar-refractivity contribution in [3.63, 3.8) is 0 Å². The molecule has 0 saturated heterocycles. The van der Waals surface area contributed by atoms with Crippen LogP contribution in [0.15, 0.2) is 46.0 Å². The van der Waals surface area contributed by atoms with Crippen molar-refractivity contribution in [2.24, 2.45) is 5.73 Å². The van der Waals surface area contributed by atoms with Gasteiger partial charge in [0.1, 0.15) is 9.88 Å². The number of nitrogens with zero attached hydrogens (tertiary/aromatic N) is 1. The molecule has 1 heterocycles. The summed E-state index contributed by atoms with van der Waals surface area (Å²) in [5.41, 5.74) is 6.19. The van der Waals surface area contributed by atoms with E-state index in [2.05, 4.69) is 25.6 Å². The Hall–Kier alpha value is -1.22. The van der Waals surface area contributed by atoms with E-state index in [1.807, 2.05) is 0 Å². The van der Waals surface area contributed by atoms with Crippen LogP contribution < -0.4 is 10.5 Å². The van der Waals surface area contributed by atoms with Crippen molar-refractivity contribution in [2.45, 2.75) is 4.90 Å². The molecule has 0 saturated carbocycles. The van der Waals surface area contributed by atoms with Gasteiger partial charge in [-0.2, -0.15) is 0 Å². The number of pyridine rings is 1. The zero-order chi connectivity index (χ0) is 15.6. The predicted molar refractivity (Wildman–Crippen MR) is 90.1 cm³/mol. The number of anilines is 1. The zero-order valence-corrected chi connectivity index (χ0v) is 14.4. The first-order valence-electron chi connectivity index (χ1n) is 5.52. The summed E-state index contributed by atoms with van der Waals surface area (Å²) in [6, 6.07) is 6.01. The Morgan fingerprint density at radius 3 is 2.67 bits per heavy atom. The smallest absolute Gasteiger partial charge is 0.263 e. The van der Waals surface area contributed by atoms with Crippen molar-refractivity contribution in [1.82, 2.24) is 4.98 Å². The molecule has 9 heteroatoms. The standard InChI is InChI=1S/C12H9BrClN3O2S2/c13-7-3-9(6-16-5-7)21(18,19)17-11-4-8(14)1-2-10(11)12(15)20/h1-6,17H,(H2,15,20). The molecule has 5 nitrogen and oxygen atoms in total. The lowest BCUT2D eigenvalue weighted by atomic mass is 10.2. The van der Waals surface area contributed by atoms with Crippen molar-refractivity contribution in [2.75, 3.05) is 4.72 Å². The van der Waals surface area contributed by atoms with Crippen molar-refractivity contribution in [3.05, 3.63) is 51.7 Å². The molecule has 0 aliphatic rings. The highest BCUT2D eigenvalue weighted by Crippen LogP contribution is 2.24. The molecule has 110 valence electrons. The van der Waals surface area contributed by atoms with Gasteiger partial charge in [-0.25, -0.2) is 8.42 Å². The first-order valence-corrected chi connectivity index (χ1v) is 8.58. The highest BCUT2D eigenvalue weighted by molar-refractivity contribution is 9.10. The molecule has 21 heavy (non-hydrogen) atoms. The number of aromatic nitrogens is 1. The molecular formula is C12H9BrClN3O2S2. The number of nitrogens with two attached hydrogens (primary N) is 1. The van der Waals surface area contributed by atoms with Crippen LogP contribution in [0.2, 0.25) is 5.02 Å². The van der Waals surface area contributed by atoms with Gasteiger partial charge in [-0.15, -0.1) is 0 Å². The number of rotatable bonds is 4. The van der Waals surface area contributed by atoms with E-state index in [9.17, 15) is 8.42 Å². The van der Waals surface area contributed by atoms with Crippen LogP contribution in [0.1, 0.15) is 5.56 Å². The van der Waals surface area contributed by atoms with Crippen LogP contribution in [0.3, 0.4) is 0 Å². The summed E-state index contributed by atoms with van der Waals surface area (Å²) in [7, 11) is -3.82. The summed E-state index contributed by atoms with van der Waals surface area (Å²) in [5.74, 6) is 0. The lowest BCUT2D eigenvalue weighted by Crippen LogP contribution is -2.18. The Morgan fingerprint density at radius 1 is 1.33 bits per heavy atom. The van der Waals surface area contributed by atoms with E-state index < -0.39 is 10.0 Å². The van der Waals surface area contributed by atoms with Crippen molar-refractivity contribution < 1.29 is 8.42 Å². The van der Waals surface area contributed by atoms with Gasteiger partial charge in [0.2, 0.25) is 0 Å². The van der Waals surface area contributed by atoms with E-state index in [4.69, 9.17) is 29.6 Å². The van der Waals surface area contributed by atoms with Gasteiger partial charge >= 0.3 is 0 Å². The quantitative estimate of drug-likeness (QED) is 0.763. The van der Waals surface area contributed by atoms with Crippen molar-refractivity contribution >= 4 is 60.4 Å². The van der Waals surface area contributed by atoms with E-state index in [0.29, 0.717) is 15.1 Å². The van der Waals surface area contributed by atoms with Gasteiger partial charge in [-0.05, 0) is 40.2 Å². The van der Waals surface area contributed by atoms with Crippen LogP contribution in [-0.2, 0) is 10.0 Å². The van der Waals surface area contributed by atoms with Crippen LogP contribution >= 0.6 is 39.7 Å². The molecule has 2 rings (SSSR count). The van der Waals surface area contributed by atoms with Crippen molar-refractivity contribution in [1.29, 1.82) is 0 Å². The number of halogens is 2. The molecule has 0 bridgehead atoms. The number of nitrogens with one attached hydrogen (secondary N) is 1. The summed E-state index contributed by atoms with van der Waals surface area (Å²) in [6.45, 7) is 0. The lowest BCUT2D eigenvalue weighted by molar-refractivity contribution is 0.600. The van der Waals surface area contributed by atoms with Gasteiger partial charge in [0.25, 0.3) is 10.0 Å². The minimum Gasteiger partial charge on any atom is -0.389 e. The Balaban J connectivity index is 2.46. The average Bonchev–Trinajstić information content (AvgIpc) is 2.38. The number of benzene rings is 1. The second-order valence-corrected chi connectivity index (χ2v) is 7.47. The lowest BCUT2D eigenvalue weighted by Gasteiger charge is -2.12. The van der Waals surface area contributed by atoms with Crippen LogP contribution in [0.5, 0.6) is 0 Å². The topological polar surface area (TPSA) is 85.1 Å². The van der Waals surface area contributed by atoms with Gasteiger partial charge in [-0.1, -0.05) is 23.8 Å². The Labute approximate surface area is 140 Å². The molecule has 1 aromatic carbocycles. The molecule has 0 spiro atoms. The van der Waals surface area contributed by atoms with Gasteiger partial charge < -0.3 is 5.73 Å². The molecule has 3 N–H and O–H groups in total. The summed E-state index contributed by atoms with van der Waals surface area (Å²) in [5, 5.41) is 0.361. The highest BCUT2D eigenvalue weighted by Gasteiger charge is 2.18. The van der Waals surface area contributed by atoms with E-state index in [-0.39, 0.29) is 15.6 Å². The fourth-order valence-corrected chi connectivity index (χ4v) is 3.48. The number of hydrogen-bond acceptors (Lipinski definition) is 4. The normalized spacial score (nSPS) is 11.1.